The van der Waals surface area contributed by atoms with Gasteiger partial charge in [0.05, 0.1) is 31.8 Å². The lowest BCUT2D eigenvalue weighted by atomic mass is 10.1. The van der Waals surface area contributed by atoms with E-state index in [1.807, 2.05) is 54.6 Å². The van der Waals surface area contributed by atoms with Crippen molar-refractivity contribution in [1.29, 1.82) is 10.5 Å². The molecule has 1 aromatic heterocycles. The van der Waals surface area contributed by atoms with E-state index in [9.17, 15) is 10.1 Å². The van der Waals surface area contributed by atoms with Gasteiger partial charge in [0, 0.05) is 23.0 Å². The molecule has 7 nitrogen and oxygen atoms in total. The third-order valence-electron chi connectivity index (χ3n) is 5.30. The molecule has 0 saturated heterocycles. The van der Waals surface area contributed by atoms with Crippen LogP contribution in [0.2, 0.25) is 0 Å². The van der Waals surface area contributed by atoms with Crippen LogP contribution in [0.1, 0.15) is 37.3 Å². The highest BCUT2D eigenvalue weighted by molar-refractivity contribution is 6.10. The lowest BCUT2D eigenvalue weighted by Crippen LogP contribution is -2.13. The molecule has 1 heterocycles. The van der Waals surface area contributed by atoms with E-state index in [1.165, 1.54) is 11.6 Å². The molecule has 0 aliphatic rings. The molecule has 0 saturated carbocycles. The second-order valence-corrected chi connectivity index (χ2v) is 7.76. The zero-order valence-corrected chi connectivity index (χ0v) is 19.4. The summed E-state index contributed by atoms with van der Waals surface area (Å²) < 4.78 is 6.87. The van der Waals surface area contributed by atoms with E-state index in [4.69, 9.17) is 10.00 Å². The summed E-state index contributed by atoms with van der Waals surface area (Å²) in [5.41, 5.74) is 3.84. The van der Waals surface area contributed by atoms with E-state index in [0.717, 1.165) is 24.8 Å². The number of amides is 1. The molecule has 0 spiro atoms. The van der Waals surface area contributed by atoms with Crippen LogP contribution in [0.4, 0.5) is 5.69 Å². The highest BCUT2D eigenvalue weighted by atomic mass is 16.5. The third-order valence-corrected chi connectivity index (χ3v) is 5.30. The van der Waals surface area contributed by atoms with Crippen molar-refractivity contribution < 1.29 is 9.53 Å². The molecule has 0 unspecified atom stereocenters. The molecule has 3 aromatic rings. The average Bonchev–Trinajstić information content (AvgIpc) is 3.28. The second kappa shape index (κ2) is 12.0. The van der Waals surface area contributed by atoms with E-state index < -0.39 is 5.91 Å². The number of rotatable bonds is 10. The number of hydrogen-bond donors (Lipinski definition) is 1. The summed E-state index contributed by atoms with van der Waals surface area (Å²) in [7, 11) is 1.59. The number of carbonyl (C=O) groups excluding carboxylic acids is 1. The first-order valence-electron chi connectivity index (χ1n) is 11.2. The number of nitriles is 2. The molecule has 7 heteroatoms. The van der Waals surface area contributed by atoms with Gasteiger partial charge in [-0.25, -0.2) is 0 Å². The molecular weight excluding hydrogens is 426 g/mol. The summed E-state index contributed by atoms with van der Waals surface area (Å²) in [6.45, 7) is 2.56. The number of unbranched alkanes of at least 4 members (excludes halogenated alkanes) is 1. The Kier molecular flexibility index (Phi) is 8.60. The Hall–Kier alpha value is -4.36. The van der Waals surface area contributed by atoms with Crippen molar-refractivity contribution in [2.24, 2.45) is 0 Å². The van der Waals surface area contributed by atoms with Gasteiger partial charge in [0.2, 0.25) is 0 Å². The first-order valence-corrected chi connectivity index (χ1v) is 11.2. The summed E-state index contributed by atoms with van der Waals surface area (Å²) in [6.07, 6.45) is 6.81. The van der Waals surface area contributed by atoms with Crippen LogP contribution in [0.15, 0.2) is 60.3 Å². The summed E-state index contributed by atoms with van der Waals surface area (Å²) >= 11 is 0. The summed E-state index contributed by atoms with van der Waals surface area (Å²) in [5.74, 6) is 0.219. The van der Waals surface area contributed by atoms with Gasteiger partial charge in [0.15, 0.2) is 0 Å². The number of nitrogens with zero attached hydrogens (tertiary/aromatic N) is 4. The maximum atomic E-state index is 12.8. The molecule has 1 amide bonds. The predicted molar refractivity (Wildman–Crippen MR) is 132 cm³/mol. The Balaban J connectivity index is 1.87. The molecule has 34 heavy (non-hydrogen) atoms. The quantitative estimate of drug-likeness (QED) is 0.329. The average molecular weight is 454 g/mol. The highest BCUT2D eigenvalue weighted by Gasteiger charge is 2.15. The minimum atomic E-state index is -0.491. The van der Waals surface area contributed by atoms with Crippen LogP contribution in [0, 0.1) is 22.7 Å². The fourth-order valence-electron chi connectivity index (χ4n) is 3.43. The van der Waals surface area contributed by atoms with Gasteiger partial charge in [-0.15, -0.1) is 0 Å². The molecule has 1 N–H and O–H groups in total. The number of ether oxygens (including phenoxy) is 1. The number of benzene rings is 2. The fourth-order valence-corrected chi connectivity index (χ4v) is 3.43. The number of anilines is 1. The van der Waals surface area contributed by atoms with E-state index in [0.29, 0.717) is 35.7 Å². The zero-order chi connectivity index (χ0) is 24.3. The fraction of sp³-hybridized carbons (Fsp3) is 0.259. The summed E-state index contributed by atoms with van der Waals surface area (Å²) in [6, 6.07) is 19.1. The summed E-state index contributed by atoms with van der Waals surface area (Å²) in [5, 5.41) is 26.0. The van der Waals surface area contributed by atoms with Crippen molar-refractivity contribution >= 4 is 17.7 Å². The van der Waals surface area contributed by atoms with Gasteiger partial charge in [0.1, 0.15) is 17.4 Å². The Morgan fingerprint density at radius 2 is 1.88 bits per heavy atom. The van der Waals surface area contributed by atoms with Gasteiger partial charge in [0.25, 0.3) is 5.91 Å². The standard InChI is InChI=1S/C27H27N5O2/c1-3-4-6-20-7-11-24(12-8-20)30-27(33)22(18-29)17-23-19-32(16-5-15-28)31-26(23)21-9-13-25(34-2)14-10-21/h7-14,17,19H,3-6,16H2,1-2H3,(H,30,33)/b22-17+. The summed E-state index contributed by atoms with van der Waals surface area (Å²) in [4.78, 5) is 12.8. The van der Waals surface area contributed by atoms with Crippen LogP contribution in [0.3, 0.4) is 0 Å². The Labute approximate surface area is 199 Å². The Bertz CT molecular complexity index is 1230. The highest BCUT2D eigenvalue weighted by Crippen LogP contribution is 2.26. The van der Waals surface area contributed by atoms with Crippen molar-refractivity contribution in [2.75, 3.05) is 12.4 Å². The molecular formula is C27H27N5O2. The topological polar surface area (TPSA) is 104 Å². The van der Waals surface area contributed by atoms with Crippen molar-refractivity contribution in [3.05, 3.63) is 71.4 Å². The van der Waals surface area contributed by atoms with Crippen molar-refractivity contribution in [2.45, 2.75) is 39.2 Å². The Morgan fingerprint density at radius 3 is 2.50 bits per heavy atom. The molecule has 0 aliphatic carbocycles. The number of nitrogens with one attached hydrogen (secondary N) is 1. The molecule has 0 atom stereocenters. The Morgan fingerprint density at radius 1 is 1.15 bits per heavy atom. The minimum Gasteiger partial charge on any atom is -0.497 e. The van der Waals surface area contributed by atoms with Crippen LogP contribution < -0.4 is 10.1 Å². The van der Waals surface area contributed by atoms with Crippen molar-refractivity contribution in [3.63, 3.8) is 0 Å². The number of methoxy groups -OCH3 is 1. The van der Waals surface area contributed by atoms with E-state index in [1.54, 1.807) is 18.0 Å². The minimum absolute atomic E-state index is 0.0374. The predicted octanol–water partition coefficient (Wildman–Crippen LogP) is 5.36. The van der Waals surface area contributed by atoms with Gasteiger partial charge in [-0.3, -0.25) is 9.48 Å². The van der Waals surface area contributed by atoms with E-state index >= 15 is 0 Å². The third kappa shape index (κ3) is 6.34. The van der Waals surface area contributed by atoms with Crippen LogP contribution in [-0.2, 0) is 17.8 Å². The molecule has 3 rings (SSSR count). The number of hydrogen-bond acceptors (Lipinski definition) is 5. The zero-order valence-electron chi connectivity index (χ0n) is 19.4. The normalized spacial score (nSPS) is 10.9. The lowest BCUT2D eigenvalue weighted by molar-refractivity contribution is -0.112. The van der Waals surface area contributed by atoms with Gasteiger partial charge in [-0.2, -0.15) is 15.6 Å². The van der Waals surface area contributed by atoms with Crippen LogP contribution >= 0.6 is 0 Å². The smallest absolute Gasteiger partial charge is 0.266 e. The van der Waals surface area contributed by atoms with Crippen molar-refractivity contribution in [3.8, 4) is 29.1 Å². The van der Waals surface area contributed by atoms with Gasteiger partial charge >= 0.3 is 0 Å². The first kappa shape index (κ1) is 24.3. The molecule has 0 aliphatic heterocycles. The van der Waals surface area contributed by atoms with Crippen LogP contribution in [-0.4, -0.2) is 22.8 Å². The monoisotopic (exact) mass is 453 g/mol. The van der Waals surface area contributed by atoms with Gasteiger partial charge in [-0.1, -0.05) is 25.5 Å². The van der Waals surface area contributed by atoms with Crippen LogP contribution in [0.5, 0.6) is 5.75 Å². The maximum Gasteiger partial charge on any atom is 0.266 e. The molecule has 0 fully saturated rings. The lowest BCUT2D eigenvalue weighted by Gasteiger charge is -2.06. The molecule has 2 aromatic carbocycles. The van der Waals surface area contributed by atoms with Crippen LogP contribution in [0.25, 0.3) is 17.3 Å². The van der Waals surface area contributed by atoms with E-state index in [2.05, 4.69) is 23.4 Å². The second-order valence-electron chi connectivity index (χ2n) is 7.76. The largest absolute Gasteiger partial charge is 0.497 e. The molecule has 172 valence electrons. The number of carbonyl (C=O) groups is 1. The number of aryl methyl sites for hydroxylation is 2. The molecule has 0 bridgehead atoms. The molecule has 0 radical (unpaired) electrons. The van der Waals surface area contributed by atoms with Gasteiger partial charge < -0.3 is 10.1 Å². The maximum absolute atomic E-state index is 12.8. The van der Waals surface area contributed by atoms with Crippen molar-refractivity contribution in [1.82, 2.24) is 9.78 Å². The van der Waals surface area contributed by atoms with E-state index in [-0.39, 0.29) is 5.57 Å². The SMILES string of the molecule is CCCCc1ccc(NC(=O)/C(C#N)=C/c2cn(CCC#N)nc2-c2ccc(OC)cc2)cc1. The van der Waals surface area contributed by atoms with Gasteiger partial charge in [-0.05, 0) is 60.9 Å². The first-order chi connectivity index (χ1) is 16.6. The number of aromatic nitrogens is 2.